The summed E-state index contributed by atoms with van der Waals surface area (Å²) in [6, 6.07) is -0.189. The van der Waals surface area contributed by atoms with Gasteiger partial charge >= 0.3 is 6.03 Å². The molecule has 2 rings (SSSR count). The van der Waals surface area contributed by atoms with Crippen molar-refractivity contribution in [2.45, 2.75) is 44.1 Å². The highest BCUT2D eigenvalue weighted by molar-refractivity contribution is 8.00. The zero-order chi connectivity index (χ0) is 14.4. The van der Waals surface area contributed by atoms with Crippen LogP contribution < -0.4 is 26.8 Å². The highest BCUT2D eigenvalue weighted by atomic mass is 32.2. The Balaban J connectivity index is 1.63. The zero-order valence-electron chi connectivity index (χ0n) is 11.7. The van der Waals surface area contributed by atoms with E-state index < -0.39 is 0 Å². The fourth-order valence-corrected chi connectivity index (χ4v) is 3.25. The molecule has 3 atom stereocenters. The number of carbonyl (C=O) groups excluding carboxylic acids is 2. The number of imide groups is 1. The maximum Gasteiger partial charge on any atom is 0.321 e. The third-order valence-corrected chi connectivity index (χ3v) is 4.72. The second kappa shape index (κ2) is 7.82. The van der Waals surface area contributed by atoms with Crippen molar-refractivity contribution in [2.24, 2.45) is 5.92 Å². The summed E-state index contributed by atoms with van der Waals surface area (Å²) in [7, 11) is 0. The molecule has 1 heterocycles. The van der Waals surface area contributed by atoms with Crippen molar-refractivity contribution in [3.05, 3.63) is 0 Å². The molecule has 0 aromatic rings. The average molecular weight is 301 g/mol. The minimum absolute atomic E-state index is 0.00202. The van der Waals surface area contributed by atoms with E-state index in [1.165, 1.54) is 18.2 Å². The molecule has 0 aromatic heterocycles. The maximum atomic E-state index is 11.8. The fraction of sp³-hybridized carbons (Fsp3) is 0.833. The summed E-state index contributed by atoms with van der Waals surface area (Å²) < 4.78 is 0. The lowest BCUT2D eigenvalue weighted by Gasteiger charge is -2.29. The lowest BCUT2D eigenvalue weighted by Crippen LogP contribution is -2.48. The number of hydrogen-bond donors (Lipinski definition) is 5. The summed E-state index contributed by atoms with van der Waals surface area (Å²) in [5.74, 6) is 0.448. The summed E-state index contributed by atoms with van der Waals surface area (Å²) in [5.41, 5.74) is 5.86. The molecule has 3 unspecified atom stereocenters. The Kier molecular flexibility index (Phi) is 6.08. The van der Waals surface area contributed by atoms with E-state index in [0.717, 1.165) is 19.3 Å². The van der Waals surface area contributed by atoms with Crippen molar-refractivity contribution in [1.82, 2.24) is 26.8 Å². The predicted molar refractivity (Wildman–Crippen MR) is 78.6 cm³/mol. The van der Waals surface area contributed by atoms with Gasteiger partial charge in [-0.1, -0.05) is 19.8 Å². The smallest absolute Gasteiger partial charge is 0.321 e. The van der Waals surface area contributed by atoms with Crippen molar-refractivity contribution < 1.29 is 9.59 Å². The van der Waals surface area contributed by atoms with Gasteiger partial charge in [0.15, 0.2) is 0 Å². The number of hydrazine groups is 1. The minimum Gasteiger partial charge on any atom is -0.335 e. The van der Waals surface area contributed by atoms with Gasteiger partial charge in [0.25, 0.3) is 0 Å². The van der Waals surface area contributed by atoms with Crippen LogP contribution in [0.5, 0.6) is 0 Å². The Bertz CT molecular complexity index is 349. The van der Waals surface area contributed by atoms with E-state index in [4.69, 9.17) is 0 Å². The molecule has 0 spiro atoms. The molecular formula is C12H23N5O2S. The SMILES string of the molecule is CC1CCCCC1NC(=O)NC(=O)CSC1NCNN1. The third-order valence-electron chi connectivity index (χ3n) is 3.67. The van der Waals surface area contributed by atoms with Crippen LogP contribution in [0.1, 0.15) is 32.6 Å². The number of nitrogens with one attached hydrogen (secondary N) is 5. The van der Waals surface area contributed by atoms with Crippen molar-refractivity contribution in [3.63, 3.8) is 0 Å². The molecule has 1 saturated carbocycles. The monoisotopic (exact) mass is 301 g/mol. The van der Waals surface area contributed by atoms with E-state index >= 15 is 0 Å². The molecule has 0 bridgehead atoms. The number of carbonyl (C=O) groups is 2. The topological polar surface area (TPSA) is 94.3 Å². The Morgan fingerprint density at radius 3 is 2.80 bits per heavy atom. The van der Waals surface area contributed by atoms with Gasteiger partial charge < -0.3 is 5.32 Å². The van der Waals surface area contributed by atoms with E-state index in [2.05, 4.69) is 33.7 Å². The molecule has 7 nitrogen and oxygen atoms in total. The Hall–Kier alpha value is -0.830. The van der Waals surface area contributed by atoms with Gasteiger partial charge in [0.05, 0.1) is 12.4 Å². The molecule has 20 heavy (non-hydrogen) atoms. The van der Waals surface area contributed by atoms with Crippen LogP contribution in [0.4, 0.5) is 4.79 Å². The summed E-state index contributed by atoms with van der Waals surface area (Å²) in [6.45, 7) is 2.81. The lowest BCUT2D eigenvalue weighted by atomic mass is 9.86. The Labute approximate surface area is 123 Å². The first kappa shape index (κ1) is 15.6. The maximum absolute atomic E-state index is 11.8. The molecule has 0 radical (unpaired) electrons. The molecule has 1 aliphatic carbocycles. The van der Waals surface area contributed by atoms with Crippen LogP contribution in [-0.4, -0.2) is 35.9 Å². The number of amides is 3. The van der Waals surface area contributed by atoms with Crippen LogP contribution in [0.25, 0.3) is 0 Å². The molecular weight excluding hydrogens is 278 g/mol. The second-order valence-electron chi connectivity index (χ2n) is 5.28. The first-order chi connectivity index (χ1) is 9.65. The van der Waals surface area contributed by atoms with E-state index in [0.29, 0.717) is 12.6 Å². The van der Waals surface area contributed by atoms with Crippen LogP contribution in [0, 0.1) is 5.92 Å². The zero-order valence-corrected chi connectivity index (χ0v) is 12.5. The van der Waals surface area contributed by atoms with Gasteiger partial charge in [-0.15, -0.1) is 11.8 Å². The molecule has 2 aliphatic rings. The van der Waals surface area contributed by atoms with E-state index in [-0.39, 0.29) is 29.2 Å². The molecule has 0 aromatic carbocycles. The van der Waals surface area contributed by atoms with E-state index in [1.807, 2.05) is 0 Å². The van der Waals surface area contributed by atoms with Crippen molar-refractivity contribution in [2.75, 3.05) is 12.4 Å². The first-order valence-corrected chi connectivity index (χ1v) is 8.14. The van der Waals surface area contributed by atoms with Gasteiger partial charge in [-0.25, -0.2) is 15.6 Å². The van der Waals surface area contributed by atoms with Crippen LogP contribution in [0.15, 0.2) is 0 Å². The molecule has 1 aliphatic heterocycles. The lowest BCUT2D eigenvalue weighted by molar-refractivity contribution is -0.117. The normalized spacial score (nSPS) is 29.9. The Morgan fingerprint density at radius 2 is 2.10 bits per heavy atom. The van der Waals surface area contributed by atoms with Crippen molar-refractivity contribution in [1.29, 1.82) is 0 Å². The predicted octanol–water partition coefficient (Wildman–Crippen LogP) is 0.0626. The highest BCUT2D eigenvalue weighted by Crippen LogP contribution is 2.23. The first-order valence-electron chi connectivity index (χ1n) is 7.09. The summed E-state index contributed by atoms with van der Waals surface area (Å²) in [6.07, 6.45) is 4.51. The molecule has 1 saturated heterocycles. The van der Waals surface area contributed by atoms with Crippen molar-refractivity contribution >= 4 is 23.7 Å². The molecule has 3 amide bonds. The highest BCUT2D eigenvalue weighted by Gasteiger charge is 2.23. The molecule has 114 valence electrons. The number of hydrogen-bond acceptors (Lipinski definition) is 6. The fourth-order valence-electron chi connectivity index (χ4n) is 2.50. The largest absolute Gasteiger partial charge is 0.335 e. The van der Waals surface area contributed by atoms with Gasteiger partial charge in [0.1, 0.15) is 5.50 Å². The summed E-state index contributed by atoms with van der Waals surface area (Å²) in [4.78, 5) is 23.4. The Morgan fingerprint density at radius 1 is 1.30 bits per heavy atom. The quantitative estimate of drug-likeness (QED) is 0.504. The van der Waals surface area contributed by atoms with E-state index in [9.17, 15) is 9.59 Å². The number of urea groups is 1. The van der Waals surface area contributed by atoms with Crippen LogP contribution in [0.3, 0.4) is 0 Å². The van der Waals surface area contributed by atoms with Crippen LogP contribution in [0.2, 0.25) is 0 Å². The number of thioether (sulfide) groups is 1. The molecule has 8 heteroatoms. The summed E-state index contributed by atoms with van der Waals surface area (Å²) in [5, 5.41) is 8.39. The van der Waals surface area contributed by atoms with Gasteiger partial charge in [-0.3, -0.25) is 15.4 Å². The minimum atomic E-state index is -0.375. The number of rotatable bonds is 4. The van der Waals surface area contributed by atoms with E-state index in [1.54, 1.807) is 0 Å². The van der Waals surface area contributed by atoms with Gasteiger partial charge in [0.2, 0.25) is 5.91 Å². The van der Waals surface area contributed by atoms with Gasteiger partial charge in [-0.05, 0) is 18.8 Å². The van der Waals surface area contributed by atoms with Gasteiger partial charge in [0, 0.05) is 6.04 Å². The van der Waals surface area contributed by atoms with Crippen LogP contribution >= 0.6 is 11.8 Å². The average Bonchev–Trinajstić information content (AvgIpc) is 2.92. The third kappa shape index (κ3) is 4.93. The molecule has 2 fully saturated rings. The molecule has 5 N–H and O–H groups in total. The van der Waals surface area contributed by atoms with Crippen molar-refractivity contribution in [3.8, 4) is 0 Å². The summed E-state index contributed by atoms with van der Waals surface area (Å²) >= 11 is 1.40. The standard InChI is InChI=1S/C12H23N5O2S/c1-8-4-2-3-5-9(8)15-11(19)16-10(18)6-20-12-13-7-14-17-12/h8-9,12-14,17H,2-7H2,1H3,(H2,15,16,18,19). The second-order valence-corrected chi connectivity index (χ2v) is 6.38. The van der Waals surface area contributed by atoms with Crippen LogP contribution in [-0.2, 0) is 4.79 Å². The van der Waals surface area contributed by atoms with Gasteiger partial charge in [-0.2, -0.15) is 0 Å².